The predicted octanol–water partition coefficient (Wildman–Crippen LogP) is 2.58. The number of aromatic nitrogens is 3. The van der Waals surface area contributed by atoms with E-state index in [4.69, 9.17) is 0 Å². The Labute approximate surface area is 208 Å². The largest absolute Gasteiger partial charge is 0.394 e. The van der Waals surface area contributed by atoms with Crippen molar-refractivity contribution >= 4 is 33.4 Å². The minimum atomic E-state index is -0.775. The van der Waals surface area contributed by atoms with Gasteiger partial charge in [0, 0.05) is 37.2 Å². The molecular weight excluding hydrogens is 466 g/mol. The summed E-state index contributed by atoms with van der Waals surface area (Å²) in [4.78, 5) is 32.3. The number of rotatable bonds is 8. The first-order valence-electron chi connectivity index (χ1n) is 12.0. The quantitative estimate of drug-likeness (QED) is 0.438. The van der Waals surface area contributed by atoms with Crippen molar-refractivity contribution in [3.8, 4) is 11.3 Å². The van der Waals surface area contributed by atoms with Gasteiger partial charge in [0.05, 0.1) is 40.2 Å². The first kappa shape index (κ1) is 25.3. The highest BCUT2D eigenvalue weighted by Gasteiger charge is 2.41. The van der Waals surface area contributed by atoms with E-state index in [2.05, 4.69) is 15.4 Å². The molecule has 0 bridgehead atoms. The maximum atomic E-state index is 13.3. The Balaban J connectivity index is 1.60. The third-order valence-corrected chi connectivity index (χ3v) is 7.81. The van der Waals surface area contributed by atoms with E-state index in [9.17, 15) is 19.8 Å². The smallest absolute Gasteiger partial charge is 0.243 e. The van der Waals surface area contributed by atoms with Gasteiger partial charge in [0.1, 0.15) is 6.04 Å². The Morgan fingerprint density at radius 1 is 1.26 bits per heavy atom. The van der Waals surface area contributed by atoms with Crippen molar-refractivity contribution in [2.75, 3.05) is 13.2 Å². The molecule has 0 saturated carbocycles. The average Bonchev–Trinajstić information content (AvgIpc) is 3.60. The minimum Gasteiger partial charge on any atom is -0.394 e. The van der Waals surface area contributed by atoms with Gasteiger partial charge in [-0.2, -0.15) is 5.10 Å². The predicted molar refractivity (Wildman–Crippen MR) is 135 cm³/mol. The monoisotopic (exact) mass is 499 g/mol. The third kappa shape index (κ3) is 4.82. The summed E-state index contributed by atoms with van der Waals surface area (Å²) in [6.07, 6.45) is 1.18. The minimum absolute atomic E-state index is 0.122. The molecule has 3 N–H and O–H groups in total. The second kappa shape index (κ2) is 10.4. The van der Waals surface area contributed by atoms with Gasteiger partial charge in [-0.15, -0.1) is 11.3 Å². The SMILES string of the molecule is CCn1nccc1-c1ccc(C(CO)NC(=O)C2CC(O)CN2C(=O)C(C)C(C)C)c2scnc12. The fourth-order valence-corrected chi connectivity index (χ4v) is 5.49. The highest BCUT2D eigenvalue weighted by Crippen LogP contribution is 2.35. The van der Waals surface area contributed by atoms with E-state index in [1.807, 2.05) is 50.6 Å². The van der Waals surface area contributed by atoms with Crippen LogP contribution in [0.2, 0.25) is 0 Å². The number of nitrogens with zero attached hydrogens (tertiary/aromatic N) is 4. The fourth-order valence-electron chi connectivity index (χ4n) is 4.61. The Morgan fingerprint density at radius 3 is 2.71 bits per heavy atom. The molecule has 4 atom stereocenters. The number of aliphatic hydroxyl groups is 2. The summed E-state index contributed by atoms with van der Waals surface area (Å²) in [7, 11) is 0. The van der Waals surface area contributed by atoms with Crippen LogP contribution in [-0.4, -0.2) is 67.0 Å². The van der Waals surface area contributed by atoms with Crippen LogP contribution in [0.15, 0.2) is 29.9 Å². The number of carbonyl (C=O) groups is 2. The van der Waals surface area contributed by atoms with Crippen molar-refractivity contribution in [1.82, 2.24) is 25.0 Å². The van der Waals surface area contributed by atoms with Crippen LogP contribution in [-0.2, 0) is 16.1 Å². The third-order valence-electron chi connectivity index (χ3n) is 6.94. The van der Waals surface area contributed by atoms with Gasteiger partial charge in [0.25, 0.3) is 0 Å². The molecule has 0 spiro atoms. The normalized spacial score (nSPS) is 19.9. The number of benzene rings is 1. The average molecular weight is 500 g/mol. The first-order valence-corrected chi connectivity index (χ1v) is 12.9. The lowest BCUT2D eigenvalue weighted by Gasteiger charge is -2.29. The van der Waals surface area contributed by atoms with Gasteiger partial charge in [0.2, 0.25) is 11.8 Å². The molecule has 3 aromatic rings. The second-order valence-corrected chi connectivity index (χ2v) is 10.3. The number of amides is 2. The Bertz CT molecular complexity index is 1210. The van der Waals surface area contributed by atoms with Crippen LogP contribution in [0.5, 0.6) is 0 Å². The van der Waals surface area contributed by atoms with Gasteiger partial charge < -0.3 is 20.4 Å². The van der Waals surface area contributed by atoms with Gasteiger partial charge in [0.15, 0.2) is 0 Å². The van der Waals surface area contributed by atoms with Gasteiger partial charge in [-0.05, 0) is 24.5 Å². The number of carbonyl (C=O) groups excluding carboxylic acids is 2. The van der Waals surface area contributed by atoms with Crippen molar-refractivity contribution in [2.24, 2.45) is 11.8 Å². The van der Waals surface area contributed by atoms with Crippen LogP contribution < -0.4 is 5.32 Å². The number of hydrogen-bond acceptors (Lipinski definition) is 7. The molecular formula is C25H33N5O4S. The van der Waals surface area contributed by atoms with Gasteiger partial charge in [-0.1, -0.05) is 32.9 Å². The van der Waals surface area contributed by atoms with Crippen LogP contribution >= 0.6 is 11.3 Å². The summed E-state index contributed by atoms with van der Waals surface area (Å²) in [5.41, 5.74) is 5.19. The molecule has 188 valence electrons. The zero-order valence-electron chi connectivity index (χ0n) is 20.5. The molecule has 1 aliphatic rings. The van der Waals surface area contributed by atoms with Crippen molar-refractivity contribution in [2.45, 2.75) is 58.8 Å². The highest BCUT2D eigenvalue weighted by atomic mass is 32.1. The van der Waals surface area contributed by atoms with Crippen LogP contribution in [0.3, 0.4) is 0 Å². The van der Waals surface area contributed by atoms with Gasteiger partial charge in [-0.25, -0.2) is 4.98 Å². The second-order valence-electron chi connectivity index (χ2n) is 9.44. The fraction of sp³-hybridized carbons (Fsp3) is 0.520. The lowest BCUT2D eigenvalue weighted by atomic mass is 9.96. The maximum absolute atomic E-state index is 13.3. The van der Waals surface area contributed by atoms with Crippen LogP contribution in [0.4, 0.5) is 0 Å². The zero-order chi connectivity index (χ0) is 25.3. The molecule has 4 rings (SSSR count). The van der Waals surface area contributed by atoms with E-state index in [1.54, 1.807) is 11.7 Å². The summed E-state index contributed by atoms with van der Waals surface area (Å²) in [5, 5.41) is 27.7. The molecule has 0 radical (unpaired) electrons. The van der Waals surface area contributed by atoms with Crippen molar-refractivity contribution in [3.05, 3.63) is 35.5 Å². The van der Waals surface area contributed by atoms with E-state index in [1.165, 1.54) is 16.2 Å². The summed E-state index contributed by atoms with van der Waals surface area (Å²) in [6.45, 7) is 8.34. The van der Waals surface area contributed by atoms with Gasteiger partial charge >= 0.3 is 0 Å². The molecule has 1 aromatic carbocycles. The first-order chi connectivity index (χ1) is 16.8. The molecule has 1 saturated heterocycles. The van der Waals surface area contributed by atoms with Crippen LogP contribution in [0, 0.1) is 11.8 Å². The standard InChI is InChI=1S/C25H33N5O4S/c1-5-30-20(8-9-27-30)18-7-6-17(23-22(18)26-13-35-23)19(12-31)28-24(33)21-10-16(32)11-29(21)25(34)15(4)14(2)3/h6-9,13-16,19,21,31-32H,5,10-12H2,1-4H3,(H,28,33). The van der Waals surface area contributed by atoms with Gasteiger partial charge in [-0.3, -0.25) is 14.3 Å². The molecule has 1 fully saturated rings. The van der Waals surface area contributed by atoms with Crippen LogP contribution in [0.1, 0.15) is 45.7 Å². The van der Waals surface area contributed by atoms with E-state index >= 15 is 0 Å². The highest BCUT2D eigenvalue weighted by molar-refractivity contribution is 7.17. The molecule has 35 heavy (non-hydrogen) atoms. The molecule has 2 aromatic heterocycles. The molecule has 3 heterocycles. The van der Waals surface area contributed by atoms with Crippen molar-refractivity contribution in [1.29, 1.82) is 0 Å². The summed E-state index contributed by atoms with van der Waals surface area (Å²) < 4.78 is 2.77. The molecule has 9 nitrogen and oxygen atoms in total. The Kier molecular flexibility index (Phi) is 7.53. The number of aliphatic hydroxyl groups excluding tert-OH is 2. The van der Waals surface area contributed by atoms with E-state index in [0.717, 1.165) is 33.6 Å². The van der Waals surface area contributed by atoms with Crippen molar-refractivity contribution < 1.29 is 19.8 Å². The number of fused-ring (bicyclic) bond motifs is 1. The summed E-state index contributed by atoms with van der Waals surface area (Å²) in [5.74, 6) is -0.656. The summed E-state index contributed by atoms with van der Waals surface area (Å²) >= 11 is 1.45. The number of thiazole rings is 1. The lowest BCUT2D eigenvalue weighted by Crippen LogP contribution is -2.49. The number of β-amino-alcohol motifs (C(OH)–C–C–N with tert-alkyl or cyclic N) is 1. The Hall–Kier alpha value is -2.82. The van der Waals surface area contributed by atoms with E-state index in [-0.39, 0.29) is 43.2 Å². The van der Waals surface area contributed by atoms with Crippen molar-refractivity contribution in [3.63, 3.8) is 0 Å². The molecule has 0 aliphatic carbocycles. The van der Waals surface area contributed by atoms with Crippen LogP contribution in [0.25, 0.3) is 21.5 Å². The van der Waals surface area contributed by atoms with E-state index < -0.39 is 18.2 Å². The molecule has 4 unspecified atom stereocenters. The molecule has 10 heteroatoms. The number of aryl methyl sites for hydroxylation is 1. The van der Waals surface area contributed by atoms with E-state index in [0.29, 0.717) is 0 Å². The number of nitrogens with one attached hydrogen (secondary N) is 1. The maximum Gasteiger partial charge on any atom is 0.243 e. The lowest BCUT2D eigenvalue weighted by molar-refractivity contribution is -0.142. The number of likely N-dealkylation sites (tertiary alicyclic amines) is 1. The Morgan fingerprint density at radius 2 is 2.03 bits per heavy atom. The molecule has 1 aliphatic heterocycles. The topological polar surface area (TPSA) is 121 Å². The zero-order valence-corrected chi connectivity index (χ0v) is 21.3. The summed E-state index contributed by atoms with van der Waals surface area (Å²) in [6, 6.07) is 4.33. The molecule has 2 amide bonds. The number of hydrogen-bond donors (Lipinski definition) is 3.